The van der Waals surface area contributed by atoms with Crippen LogP contribution in [0.5, 0.6) is 0 Å². The average Bonchev–Trinajstić information content (AvgIpc) is 3.23. The highest BCUT2D eigenvalue weighted by Gasteiger charge is 2.45. The molecule has 4 rings (SSSR count). The smallest absolute Gasteiger partial charge is 0.410 e. The molecule has 0 aromatic carbocycles. The number of nitriles is 1. The molecule has 0 spiro atoms. The minimum absolute atomic E-state index is 0.137. The molecule has 1 amide bonds. The number of aryl methyl sites for hydroxylation is 1. The number of nitrogens with two attached hydrogens (primary N) is 2. The van der Waals surface area contributed by atoms with Gasteiger partial charge in [0.15, 0.2) is 5.84 Å². The van der Waals surface area contributed by atoms with Gasteiger partial charge in [0.2, 0.25) is 0 Å². The summed E-state index contributed by atoms with van der Waals surface area (Å²) >= 11 is 1.36. The van der Waals surface area contributed by atoms with Gasteiger partial charge in [-0.05, 0) is 66.0 Å². The normalized spacial score (nSPS) is 23.6. The number of rotatable bonds is 4. The molecule has 216 valence electrons. The first-order chi connectivity index (χ1) is 18.7. The highest BCUT2D eigenvalue weighted by molar-refractivity contribution is 7.16. The summed E-state index contributed by atoms with van der Waals surface area (Å²) < 4.78 is 5.51. The molecule has 1 saturated heterocycles. The fraction of sp³-hybridized carbons (Fsp3) is 0.571. The van der Waals surface area contributed by atoms with Gasteiger partial charge in [-0.1, -0.05) is 5.16 Å². The Morgan fingerprint density at radius 3 is 2.55 bits per heavy atom. The number of piperazine rings is 1. The Morgan fingerprint density at radius 1 is 1.25 bits per heavy atom. The van der Waals surface area contributed by atoms with Crippen molar-refractivity contribution in [3.05, 3.63) is 39.6 Å². The first kappa shape index (κ1) is 29.3. The SMILES string of the molecule is CC1=CC(N2CCN(C(=O)OC(C)(C)C)CC2)=CC(/C(N)=N/OC(=O)[C@@]2(C)CCCc3sc(N)c(C#N)c32)N1C. The van der Waals surface area contributed by atoms with Gasteiger partial charge in [0.05, 0.1) is 11.0 Å². The van der Waals surface area contributed by atoms with Gasteiger partial charge in [0.25, 0.3) is 0 Å². The second-order valence-electron chi connectivity index (χ2n) is 11.7. The van der Waals surface area contributed by atoms with Crippen molar-refractivity contribution < 1.29 is 19.2 Å². The highest BCUT2D eigenvalue weighted by atomic mass is 32.1. The minimum atomic E-state index is -1.03. The molecule has 0 bridgehead atoms. The van der Waals surface area contributed by atoms with Crippen LogP contribution in [-0.2, 0) is 26.2 Å². The molecular formula is C28H39N7O4S. The van der Waals surface area contributed by atoms with Gasteiger partial charge in [0, 0.05) is 55.1 Å². The number of hydrogen-bond donors (Lipinski definition) is 2. The van der Waals surface area contributed by atoms with Crippen LogP contribution >= 0.6 is 11.3 Å². The molecule has 0 radical (unpaired) electrons. The average molecular weight is 570 g/mol. The number of thiophene rings is 1. The van der Waals surface area contributed by atoms with Gasteiger partial charge in [-0.15, -0.1) is 11.3 Å². The van der Waals surface area contributed by atoms with Crippen molar-refractivity contribution in [1.82, 2.24) is 14.7 Å². The number of oxime groups is 1. The number of anilines is 1. The summed E-state index contributed by atoms with van der Waals surface area (Å²) in [6.07, 6.45) is 5.83. The summed E-state index contributed by atoms with van der Waals surface area (Å²) in [5.74, 6) is -0.419. The van der Waals surface area contributed by atoms with E-state index in [4.69, 9.17) is 21.0 Å². The Kier molecular flexibility index (Phi) is 8.08. The molecule has 1 unspecified atom stereocenters. The molecule has 40 heavy (non-hydrogen) atoms. The van der Waals surface area contributed by atoms with E-state index in [1.165, 1.54) is 11.3 Å². The van der Waals surface area contributed by atoms with Crippen molar-refractivity contribution in [2.75, 3.05) is 39.0 Å². The van der Waals surface area contributed by atoms with Crippen LogP contribution in [0.2, 0.25) is 0 Å². The predicted octanol–water partition coefficient (Wildman–Crippen LogP) is 3.27. The number of amides is 1. The van der Waals surface area contributed by atoms with Gasteiger partial charge in [0.1, 0.15) is 22.7 Å². The van der Waals surface area contributed by atoms with Crippen LogP contribution in [0, 0.1) is 11.3 Å². The van der Waals surface area contributed by atoms with E-state index in [1.807, 2.05) is 45.7 Å². The Morgan fingerprint density at radius 2 is 1.93 bits per heavy atom. The van der Waals surface area contributed by atoms with Gasteiger partial charge in [-0.3, -0.25) is 0 Å². The van der Waals surface area contributed by atoms with E-state index < -0.39 is 23.0 Å². The van der Waals surface area contributed by atoms with Crippen molar-refractivity contribution >= 4 is 34.2 Å². The first-order valence-corrected chi connectivity index (χ1v) is 14.3. The van der Waals surface area contributed by atoms with E-state index in [-0.39, 0.29) is 11.9 Å². The summed E-state index contributed by atoms with van der Waals surface area (Å²) in [4.78, 5) is 38.1. The molecule has 3 aliphatic rings. The lowest BCUT2D eigenvalue weighted by molar-refractivity contribution is -0.150. The second kappa shape index (κ2) is 11.0. The zero-order chi connectivity index (χ0) is 29.4. The number of nitrogen functional groups attached to an aromatic ring is 1. The Hall–Kier alpha value is -3.72. The number of allylic oxidation sites excluding steroid dienone is 2. The monoisotopic (exact) mass is 569 g/mol. The molecular weight excluding hydrogens is 530 g/mol. The lowest BCUT2D eigenvalue weighted by Crippen LogP contribution is -2.50. The van der Waals surface area contributed by atoms with Crippen molar-refractivity contribution in [3.8, 4) is 6.07 Å². The summed E-state index contributed by atoms with van der Waals surface area (Å²) in [5.41, 5.74) is 13.8. The number of amidine groups is 1. The van der Waals surface area contributed by atoms with Crippen LogP contribution in [0.15, 0.2) is 28.7 Å². The molecule has 12 heteroatoms. The van der Waals surface area contributed by atoms with Crippen LogP contribution in [-0.4, -0.2) is 77.5 Å². The summed E-state index contributed by atoms with van der Waals surface area (Å²) in [6.45, 7) is 11.7. The van der Waals surface area contributed by atoms with E-state index in [2.05, 4.69) is 22.2 Å². The van der Waals surface area contributed by atoms with E-state index in [0.29, 0.717) is 48.7 Å². The van der Waals surface area contributed by atoms with E-state index >= 15 is 0 Å². The van der Waals surface area contributed by atoms with Crippen molar-refractivity contribution in [3.63, 3.8) is 0 Å². The topological polar surface area (TPSA) is 151 Å². The van der Waals surface area contributed by atoms with Crippen LogP contribution < -0.4 is 11.5 Å². The summed E-state index contributed by atoms with van der Waals surface area (Å²) in [6, 6.07) is 1.73. The third-order valence-corrected chi connectivity index (χ3v) is 8.77. The Balaban J connectivity index is 1.47. The lowest BCUT2D eigenvalue weighted by Gasteiger charge is -2.40. The summed E-state index contributed by atoms with van der Waals surface area (Å²) in [5, 5.41) is 14.2. The number of likely N-dealkylation sites (N-methyl/N-ethyl adjacent to an activating group) is 1. The predicted molar refractivity (Wildman–Crippen MR) is 154 cm³/mol. The number of carbonyl (C=O) groups is 2. The van der Waals surface area contributed by atoms with Gasteiger partial charge in [-0.2, -0.15) is 5.26 Å². The minimum Gasteiger partial charge on any atom is -0.444 e. The van der Waals surface area contributed by atoms with Crippen molar-refractivity contribution in [2.45, 2.75) is 70.9 Å². The first-order valence-electron chi connectivity index (χ1n) is 13.5. The second-order valence-corrected chi connectivity index (χ2v) is 12.9. The maximum Gasteiger partial charge on any atom is 0.410 e. The third-order valence-electron chi connectivity index (χ3n) is 7.70. The zero-order valence-corrected chi connectivity index (χ0v) is 24.9. The van der Waals surface area contributed by atoms with Crippen molar-refractivity contribution in [2.24, 2.45) is 10.9 Å². The zero-order valence-electron chi connectivity index (χ0n) is 24.1. The summed E-state index contributed by atoms with van der Waals surface area (Å²) in [7, 11) is 1.90. The molecule has 2 atom stereocenters. The van der Waals surface area contributed by atoms with Gasteiger partial charge >= 0.3 is 12.1 Å². The Labute approximate surface area is 239 Å². The number of hydrogen-bond acceptors (Lipinski definition) is 10. The fourth-order valence-corrected chi connectivity index (χ4v) is 6.55. The largest absolute Gasteiger partial charge is 0.444 e. The highest BCUT2D eigenvalue weighted by Crippen LogP contribution is 2.46. The molecule has 1 aromatic rings. The molecule has 1 fully saturated rings. The lowest BCUT2D eigenvalue weighted by atomic mass is 9.72. The van der Waals surface area contributed by atoms with E-state index in [1.54, 1.807) is 11.8 Å². The maximum atomic E-state index is 13.4. The molecule has 1 aromatic heterocycles. The fourth-order valence-electron chi connectivity index (χ4n) is 5.36. The number of carbonyl (C=O) groups excluding carboxylic acids is 2. The molecule has 0 saturated carbocycles. The number of ether oxygens (including phenoxy) is 1. The van der Waals surface area contributed by atoms with Crippen LogP contribution in [0.25, 0.3) is 0 Å². The quantitative estimate of drug-likeness (QED) is 0.241. The number of fused-ring (bicyclic) bond motifs is 1. The van der Waals surface area contributed by atoms with Gasteiger partial charge < -0.3 is 35.7 Å². The Bertz CT molecular complexity index is 1310. The molecule has 1 aliphatic carbocycles. The maximum absolute atomic E-state index is 13.4. The van der Waals surface area contributed by atoms with Crippen LogP contribution in [0.1, 0.15) is 63.5 Å². The molecule has 11 nitrogen and oxygen atoms in total. The molecule has 3 heterocycles. The number of nitrogens with zero attached hydrogens (tertiary/aromatic N) is 5. The van der Waals surface area contributed by atoms with Gasteiger partial charge in [-0.25, -0.2) is 9.59 Å². The molecule has 4 N–H and O–H groups in total. The van der Waals surface area contributed by atoms with Crippen LogP contribution in [0.3, 0.4) is 0 Å². The third kappa shape index (κ3) is 5.75. The van der Waals surface area contributed by atoms with Crippen LogP contribution in [0.4, 0.5) is 9.80 Å². The van der Waals surface area contributed by atoms with Crippen molar-refractivity contribution in [1.29, 1.82) is 5.26 Å². The van der Waals surface area contributed by atoms with E-state index in [9.17, 15) is 14.9 Å². The van der Waals surface area contributed by atoms with E-state index in [0.717, 1.165) is 29.1 Å². The molecule has 2 aliphatic heterocycles. The standard InChI is InChI=1S/C28H39N7O4S/c1-17-14-18(34-10-12-35(13-11-34)26(37)38-27(2,3)4)15-20(33(17)6)23(30)32-39-25(36)28(5)9-7-8-21-22(28)19(16-29)24(31)40-21/h14-15,20H,7-13,31H2,1-6H3,(H2,30,32)/t20?,28-/m0/s1.